The summed E-state index contributed by atoms with van der Waals surface area (Å²) in [6.07, 6.45) is 4.84. The summed E-state index contributed by atoms with van der Waals surface area (Å²) in [4.78, 5) is 6.83. The van der Waals surface area contributed by atoms with E-state index < -0.39 is 21.4 Å². The number of allylic oxidation sites excluding steroid dienone is 1. The summed E-state index contributed by atoms with van der Waals surface area (Å²) in [7, 11) is -4.49. The highest BCUT2D eigenvalue weighted by molar-refractivity contribution is 7.88. The van der Waals surface area contributed by atoms with Crippen LogP contribution in [-0.4, -0.2) is 36.8 Å². The Morgan fingerprint density at radius 3 is 2.72 bits per heavy atom. The first-order valence-electron chi connectivity index (χ1n) is 6.38. The zero-order valence-electron chi connectivity index (χ0n) is 12.5. The summed E-state index contributed by atoms with van der Waals surface area (Å²) in [6.45, 7) is 7.03. The number of aromatic nitrogens is 2. The fraction of sp³-hybridized carbons (Fsp3) is 0.154. The molecule has 12 heteroatoms. The van der Waals surface area contributed by atoms with E-state index in [9.17, 15) is 21.6 Å². The molecule has 132 valence electrons. The molecule has 0 spiro atoms. The maximum atomic E-state index is 12.6. The second-order valence-electron chi connectivity index (χ2n) is 4.52. The van der Waals surface area contributed by atoms with Crippen LogP contribution in [0.4, 0.5) is 18.9 Å². The number of alkyl halides is 3. The first kappa shape index (κ1) is 18.3. The van der Waals surface area contributed by atoms with E-state index in [4.69, 9.17) is 12.3 Å². The van der Waals surface area contributed by atoms with Crippen molar-refractivity contribution in [1.29, 1.82) is 0 Å². The van der Waals surface area contributed by atoms with E-state index in [-0.39, 0.29) is 22.3 Å². The van der Waals surface area contributed by atoms with Crippen molar-refractivity contribution in [2.45, 2.75) is 5.51 Å². The quantitative estimate of drug-likeness (QED) is 0.383. The minimum Gasteiger partial charge on any atom is -0.404 e. The van der Waals surface area contributed by atoms with Crippen molar-refractivity contribution < 1.29 is 25.8 Å². The van der Waals surface area contributed by atoms with E-state index in [0.29, 0.717) is 0 Å². The lowest BCUT2D eigenvalue weighted by molar-refractivity contribution is -0.0499. The van der Waals surface area contributed by atoms with E-state index >= 15 is 0 Å². The molecule has 0 saturated carbocycles. The van der Waals surface area contributed by atoms with Gasteiger partial charge in [0.1, 0.15) is 5.52 Å². The third kappa shape index (κ3) is 3.41. The molecule has 0 bridgehead atoms. The molecule has 0 atom stereocenters. The van der Waals surface area contributed by atoms with Crippen LogP contribution in [0.3, 0.4) is 0 Å². The number of aliphatic imine (C=N–C) groups is 1. The summed E-state index contributed by atoms with van der Waals surface area (Å²) >= 11 is 0. The van der Waals surface area contributed by atoms with Crippen LogP contribution in [0.15, 0.2) is 29.7 Å². The number of hydrogen-bond acceptors (Lipinski definition) is 6. The van der Waals surface area contributed by atoms with Crippen molar-refractivity contribution in [1.82, 2.24) is 9.61 Å². The van der Waals surface area contributed by atoms with Gasteiger partial charge in [0.15, 0.2) is 5.75 Å². The molecule has 0 aromatic carbocycles. The maximum Gasteiger partial charge on any atom is 0.534 e. The molecule has 25 heavy (non-hydrogen) atoms. The van der Waals surface area contributed by atoms with Gasteiger partial charge in [-0.2, -0.15) is 26.7 Å². The van der Waals surface area contributed by atoms with Crippen molar-refractivity contribution in [2.24, 2.45) is 10.7 Å². The Kier molecular flexibility index (Phi) is 4.71. The van der Waals surface area contributed by atoms with Crippen LogP contribution >= 0.6 is 0 Å². The van der Waals surface area contributed by atoms with Crippen molar-refractivity contribution in [2.75, 3.05) is 7.05 Å². The van der Waals surface area contributed by atoms with Crippen LogP contribution in [0.1, 0.15) is 5.56 Å². The highest BCUT2D eigenvalue weighted by atomic mass is 32.2. The maximum absolute atomic E-state index is 12.6. The lowest BCUT2D eigenvalue weighted by atomic mass is 10.1. The Balaban J connectivity index is 2.76. The predicted molar refractivity (Wildman–Crippen MR) is 83.6 cm³/mol. The molecule has 0 amide bonds. The molecule has 0 aliphatic heterocycles. The number of pyridine rings is 1. The van der Waals surface area contributed by atoms with E-state index in [1.807, 2.05) is 0 Å². The monoisotopic (exact) mass is 373 g/mol. The molecular formula is C13H10F3N5O3S. The normalized spacial score (nSPS) is 13.3. The summed E-state index contributed by atoms with van der Waals surface area (Å²) in [5, 5.41) is 3.81. The molecule has 0 aliphatic rings. The van der Waals surface area contributed by atoms with Gasteiger partial charge >= 0.3 is 15.6 Å². The smallest absolute Gasteiger partial charge is 0.404 e. The Morgan fingerprint density at radius 2 is 2.20 bits per heavy atom. The van der Waals surface area contributed by atoms with E-state index in [1.165, 1.54) is 19.5 Å². The second kappa shape index (κ2) is 6.44. The molecule has 2 heterocycles. The van der Waals surface area contributed by atoms with Crippen LogP contribution in [-0.2, 0) is 10.1 Å². The number of nitrogens with zero attached hydrogens (tertiary/aromatic N) is 4. The molecule has 2 aromatic heterocycles. The Morgan fingerprint density at radius 1 is 1.52 bits per heavy atom. The molecule has 0 unspecified atom stereocenters. The zero-order valence-corrected chi connectivity index (χ0v) is 13.3. The largest absolute Gasteiger partial charge is 0.534 e. The molecule has 2 aromatic rings. The third-order valence-electron chi connectivity index (χ3n) is 2.94. The van der Waals surface area contributed by atoms with Gasteiger partial charge in [-0.3, -0.25) is 4.99 Å². The highest BCUT2D eigenvalue weighted by Crippen LogP contribution is 2.35. The fourth-order valence-electron chi connectivity index (χ4n) is 1.89. The lowest BCUT2D eigenvalue weighted by Crippen LogP contribution is -2.28. The Bertz CT molecular complexity index is 1020. The number of rotatable bonds is 4. The minimum absolute atomic E-state index is 0.179. The van der Waals surface area contributed by atoms with Gasteiger partial charge in [0, 0.05) is 36.8 Å². The van der Waals surface area contributed by atoms with Gasteiger partial charge in [0.25, 0.3) is 0 Å². The molecule has 0 fully saturated rings. The van der Waals surface area contributed by atoms with Gasteiger partial charge in [-0.05, 0) is 6.07 Å². The highest BCUT2D eigenvalue weighted by Gasteiger charge is 2.49. The van der Waals surface area contributed by atoms with E-state index in [2.05, 4.69) is 19.1 Å². The molecule has 0 saturated heterocycles. The average molecular weight is 373 g/mol. The first-order chi connectivity index (χ1) is 11.6. The van der Waals surface area contributed by atoms with Gasteiger partial charge < -0.3 is 9.92 Å². The van der Waals surface area contributed by atoms with Gasteiger partial charge in [-0.25, -0.2) is 9.36 Å². The molecule has 8 nitrogen and oxygen atoms in total. The second-order valence-corrected chi connectivity index (χ2v) is 6.06. The van der Waals surface area contributed by atoms with Crippen molar-refractivity contribution in [3.8, 4) is 5.75 Å². The summed E-state index contributed by atoms with van der Waals surface area (Å²) in [5.41, 5.74) is -0.128. The minimum atomic E-state index is -5.93. The van der Waals surface area contributed by atoms with E-state index in [1.54, 1.807) is 0 Å². The van der Waals surface area contributed by atoms with Crippen LogP contribution in [0.5, 0.6) is 5.75 Å². The number of fused-ring (bicyclic) bond motifs is 1. The Hall–Kier alpha value is -3.07. The number of halogens is 3. The van der Waals surface area contributed by atoms with Gasteiger partial charge in [0.2, 0.25) is 5.69 Å². The molecular weight excluding hydrogens is 363 g/mol. The summed E-state index contributed by atoms with van der Waals surface area (Å²) in [5.74, 6) is -0.706. The average Bonchev–Trinajstić information content (AvgIpc) is 2.94. The van der Waals surface area contributed by atoms with Crippen molar-refractivity contribution >= 4 is 33.1 Å². The molecule has 0 radical (unpaired) electrons. The van der Waals surface area contributed by atoms with Crippen LogP contribution in [0.2, 0.25) is 0 Å². The van der Waals surface area contributed by atoms with Gasteiger partial charge in [0.05, 0.1) is 12.8 Å². The van der Waals surface area contributed by atoms with E-state index in [0.717, 1.165) is 23.0 Å². The first-order valence-corrected chi connectivity index (χ1v) is 7.79. The van der Waals surface area contributed by atoms with Gasteiger partial charge in [-0.15, -0.1) is 0 Å². The molecule has 2 N–H and O–H groups in total. The number of nitrogens with two attached hydrogens (primary N) is 1. The van der Waals surface area contributed by atoms with Crippen molar-refractivity contribution in [3.05, 3.63) is 41.6 Å². The fourth-order valence-corrected chi connectivity index (χ4v) is 2.35. The zero-order chi connectivity index (χ0) is 18.8. The summed E-state index contributed by atoms with van der Waals surface area (Å²) in [6, 6.07) is 1.01. The summed E-state index contributed by atoms with van der Waals surface area (Å²) < 4.78 is 65.8. The molecule has 0 aliphatic carbocycles. The topological polar surface area (TPSA) is 103 Å². The standard InChI is InChI=1S/C13H10F3N5O3S/c1-18-5-9(4-17)8-3-11(24-25(22,23)13(14,15)16)12-10(19-2)6-20-21(12)7-8/h3-7H,17H2,1H3/b9-4+,18-5?. The third-order valence-corrected chi connectivity index (χ3v) is 3.91. The van der Waals surface area contributed by atoms with Crippen LogP contribution in [0.25, 0.3) is 15.9 Å². The SMILES string of the molecule is [C-]#[N+]c1cnn2cc(/C(C=NC)=C/N)cc(OS(=O)(=O)C(F)(F)F)c12. The number of hydrogen-bond donors (Lipinski definition) is 1. The predicted octanol–water partition coefficient (Wildman–Crippen LogP) is 2.11. The Labute approximate surface area is 140 Å². The molecule has 2 rings (SSSR count). The van der Waals surface area contributed by atoms with Crippen LogP contribution < -0.4 is 9.92 Å². The van der Waals surface area contributed by atoms with Crippen LogP contribution in [0, 0.1) is 6.57 Å². The lowest BCUT2D eigenvalue weighted by Gasteiger charge is -2.12. The van der Waals surface area contributed by atoms with Gasteiger partial charge in [-0.1, -0.05) is 0 Å². The van der Waals surface area contributed by atoms with Crippen molar-refractivity contribution in [3.63, 3.8) is 0 Å².